The SMILES string of the molecule is CC1CCCN1C(=O)c1cc([N+](=O)[O-])ccc1Br. The van der Waals surface area contributed by atoms with Gasteiger partial charge < -0.3 is 4.90 Å². The first-order chi connectivity index (χ1) is 8.50. The molecule has 0 bridgehead atoms. The highest BCUT2D eigenvalue weighted by Gasteiger charge is 2.28. The first kappa shape index (κ1) is 13.0. The zero-order valence-electron chi connectivity index (χ0n) is 9.93. The molecule has 6 heteroatoms. The molecule has 2 rings (SSSR count). The number of nitro groups is 1. The van der Waals surface area contributed by atoms with Gasteiger partial charge in [0.05, 0.1) is 10.5 Å². The molecule has 1 heterocycles. The van der Waals surface area contributed by atoms with Gasteiger partial charge in [0.15, 0.2) is 0 Å². The summed E-state index contributed by atoms with van der Waals surface area (Å²) in [5, 5.41) is 10.7. The Balaban J connectivity index is 2.34. The Bertz CT molecular complexity index is 504. The largest absolute Gasteiger partial charge is 0.336 e. The molecular weight excluding hydrogens is 300 g/mol. The summed E-state index contributed by atoms with van der Waals surface area (Å²) in [4.78, 5) is 24.3. The van der Waals surface area contributed by atoms with Crippen molar-refractivity contribution in [2.45, 2.75) is 25.8 Å². The van der Waals surface area contributed by atoms with Crippen molar-refractivity contribution in [3.63, 3.8) is 0 Å². The number of hydrogen-bond acceptors (Lipinski definition) is 3. The molecule has 0 aliphatic carbocycles. The molecule has 0 radical (unpaired) electrons. The number of benzene rings is 1. The van der Waals surface area contributed by atoms with Gasteiger partial charge in [0.2, 0.25) is 0 Å². The zero-order chi connectivity index (χ0) is 13.3. The molecule has 1 aromatic rings. The van der Waals surface area contributed by atoms with Crippen LogP contribution in [0.15, 0.2) is 22.7 Å². The summed E-state index contributed by atoms with van der Waals surface area (Å²) >= 11 is 3.28. The molecule has 1 amide bonds. The Morgan fingerprint density at radius 3 is 2.83 bits per heavy atom. The Hall–Kier alpha value is -1.43. The van der Waals surface area contributed by atoms with Crippen LogP contribution in [0.3, 0.4) is 0 Å². The van der Waals surface area contributed by atoms with Crippen LogP contribution in [0, 0.1) is 10.1 Å². The van der Waals surface area contributed by atoms with Gasteiger partial charge in [-0.2, -0.15) is 0 Å². The normalized spacial score (nSPS) is 19.0. The summed E-state index contributed by atoms with van der Waals surface area (Å²) in [7, 11) is 0. The van der Waals surface area contributed by atoms with E-state index in [1.54, 1.807) is 11.0 Å². The Morgan fingerprint density at radius 2 is 2.28 bits per heavy atom. The molecule has 5 nitrogen and oxygen atoms in total. The van der Waals surface area contributed by atoms with Crippen LogP contribution in [0.1, 0.15) is 30.1 Å². The first-order valence-corrected chi connectivity index (χ1v) is 6.55. The monoisotopic (exact) mass is 312 g/mol. The minimum atomic E-state index is -0.489. The van der Waals surface area contributed by atoms with Crippen molar-refractivity contribution in [1.29, 1.82) is 0 Å². The van der Waals surface area contributed by atoms with E-state index in [0.29, 0.717) is 10.0 Å². The number of amides is 1. The third-order valence-electron chi connectivity index (χ3n) is 3.21. The zero-order valence-corrected chi connectivity index (χ0v) is 11.5. The molecule has 1 aliphatic rings. The Morgan fingerprint density at radius 1 is 1.56 bits per heavy atom. The predicted molar refractivity (Wildman–Crippen MR) is 70.5 cm³/mol. The summed E-state index contributed by atoms with van der Waals surface area (Å²) in [6.07, 6.45) is 1.97. The maximum Gasteiger partial charge on any atom is 0.270 e. The van der Waals surface area contributed by atoms with E-state index in [0.717, 1.165) is 19.4 Å². The van der Waals surface area contributed by atoms with Gasteiger partial charge >= 0.3 is 0 Å². The fraction of sp³-hybridized carbons (Fsp3) is 0.417. The van der Waals surface area contributed by atoms with E-state index in [1.165, 1.54) is 12.1 Å². The number of hydrogen-bond donors (Lipinski definition) is 0. The van der Waals surface area contributed by atoms with E-state index in [1.807, 2.05) is 6.92 Å². The number of carbonyl (C=O) groups is 1. The van der Waals surface area contributed by atoms with Gasteiger partial charge in [-0.1, -0.05) is 0 Å². The van der Waals surface area contributed by atoms with E-state index in [-0.39, 0.29) is 17.6 Å². The summed E-state index contributed by atoms with van der Waals surface area (Å²) in [6.45, 7) is 2.71. The van der Waals surface area contributed by atoms with E-state index < -0.39 is 4.92 Å². The van der Waals surface area contributed by atoms with Gasteiger partial charge in [-0.25, -0.2) is 0 Å². The van der Waals surface area contributed by atoms with Gasteiger partial charge in [0.25, 0.3) is 11.6 Å². The maximum atomic E-state index is 12.3. The fourth-order valence-electron chi connectivity index (χ4n) is 2.18. The van der Waals surface area contributed by atoms with Crippen LogP contribution >= 0.6 is 15.9 Å². The highest BCUT2D eigenvalue weighted by Crippen LogP contribution is 2.26. The van der Waals surface area contributed by atoms with Crippen molar-refractivity contribution in [3.05, 3.63) is 38.3 Å². The molecule has 1 unspecified atom stereocenters. The third-order valence-corrected chi connectivity index (χ3v) is 3.90. The molecule has 0 N–H and O–H groups in total. The molecule has 0 saturated carbocycles. The van der Waals surface area contributed by atoms with Crippen LogP contribution in [-0.4, -0.2) is 28.3 Å². The number of carbonyl (C=O) groups excluding carboxylic acids is 1. The van der Waals surface area contributed by atoms with E-state index in [2.05, 4.69) is 15.9 Å². The minimum absolute atomic E-state index is 0.0617. The lowest BCUT2D eigenvalue weighted by Gasteiger charge is -2.21. The second-order valence-corrected chi connectivity index (χ2v) is 5.27. The minimum Gasteiger partial charge on any atom is -0.336 e. The second kappa shape index (κ2) is 5.06. The molecule has 96 valence electrons. The number of likely N-dealkylation sites (tertiary alicyclic amines) is 1. The van der Waals surface area contributed by atoms with Crippen molar-refractivity contribution < 1.29 is 9.72 Å². The van der Waals surface area contributed by atoms with Crippen LogP contribution in [-0.2, 0) is 0 Å². The van der Waals surface area contributed by atoms with E-state index in [4.69, 9.17) is 0 Å². The number of nitrogens with zero attached hydrogens (tertiary/aromatic N) is 2. The lowest BCUT2D eigenvalue weighted by atomic mass is 10.1. The molecular formula is C12H13BrN2O3. The summed E-state index contributed by atoms with van der Waals surface area (Å²) < 4.78 is 0.595. The standard InChI is InChI=1S/C12H13BrN2O3/c1-8-3-2-6-14(8)12(16)10-7-9(15(17)18)4-5-11(10)13/h4-5,7-8H,2-3,6H2,1H3. The molecule has 0 spiro atoms. The molecule has 1 fully saturated rings. The van der Waals surface area contributed by atoms with Crippen molar-refractivity contribution in [3.8, 4) is 0 Å². The summed E-state index contributed by atoms with van der Waals surface area (Å²) in [6, 6.07) is 4.46. The van der Waals surface area contributed by atoms with Gasteiger partial charge in [-0.3, -0.25) is 14.9 Å². The average molecular weight is 313 g/mol. The van der Waals surface area contributed by atoms with Crippen LogP contribution < -0.4 is 0 Å². The average Bonchev–Trinajstić information content (AvgIpc) is 2.75. The van der Waals surface area contributed by atoms with Gasteiger partial charge in [-0.05, 0) is 41.8 Å². The summed E-state index contributed by atoms with van der Waals surface area (Å²) in [5.74, 6) is -0.143. The predicted octanol–water partition coefficient (Wildman–Crippen LogP) is 2.98. The first-order valence-electron chi connectivity index (χ1n) is 5.75. The van der Waals surface area contributed by atoms with Crippen molar-refractivity contribution >= 4 is 27.5 Å². The van der Waals surface area contributed by atoms with Crippen molar-refractivity contribution in [1.82, 2.24) is 4.90 Å². The molecule has 1 aromatic carbocycles. The van der Waals surface area contributed by atoms with Crippen LogP contribution in [0.4, 0.5) is 5.69 Å². The lowest BCUT2D eigenvalue weighted by molar-refractivity contribution is -0.384. The van der Waals surface area contributed by atoms with Crippen molar-refractivity contribution in [2.75, 3.05) is 6.54 Å². The van der Waals surface area contributed by atoms with Crippen LogP contribution in [0.25, 0.3) is 0 Å². The van der Waals surface area contributed by atoms with E-state index >= 15 is 0 Å². The lowest BCUT2D eigenvalue weighted by Crippen LogP contribution is -2.33. The molecule has 18 heavy (non-hydrogen) atoms. The highest BCUT2D eigenvalue weighted by molar-refractivity contribution is 9.10. The van der Waals surface area contributed by atoms with Crippen LogP contribution in [0.2, 0.25) is 0 Å². The third kappa shape index (κ3) is 2.38. The Kier molecular flexibility index (Phi) is 3.65. The smallest absolute Gasteiger partial charge is 0.270 e. The molecule has 0 aromatic heterocycles. The number of rotatable bonds is 2. The number of nitro benzene ring substituents is 1. The second-order valence-electron chi connectivity index (χ2n) is 4.41. The van der Waals surface area contributed by atoms with Crippen LogP contribution in [0.5, 0.6) is 0 Å². The van der Waals surface area contributed by atoms with Gasteiger partial charge in [0.1, 0.15) is 0 Å². The topological polar surface area (TPSA) is 63.5 Å². The number of halogens is 1. The number of non-ortho nitro benzene ring substituents is 1. The molecule has 1 saturated heterocycles. The van der Waals surface area contributed by atoms with E-state index in [9.17, 15) is 14.9 Å². The summed E-state index contributed by atoms with van der Waals surface area (Å²) in [5.41, 5.74) is 0.298. The van der Waals surface area contributed by atoms with Crippen molar-refractivity contribution in [2.24, 2.45) is 0 Å². The fourth-order valence-corrected chi connectivity index (χ4v) is 2.60. The molecule has 1 aliphatic heterocycles. The highest BCUT2D eigenvalue weighted by atomic mass is 79.9. The molecule has 1 atom stereocenters. The van der Waals surface area contributed by atoms with Gasteiger partial charge in [-0.15, -0.1) is 0 Å². The van der Waals surface area contributed by atoms with Gasteiger partial charge in [0, 0.05) is 29.2 Å². The maximum absolute atomic E-state index is 12.3. The quantitative estimate of drug-likeness (QED) is 0.623. The Labute approximate surface area is 113 Å².